The number of aromatic nitrogens is 2. The molecule has 116 valence electrons. The molecule has 0 unspecified atom stereocenters. The topological polar surface area (TPSA) is 60.1 Å². The van der Waals surface area contributed by atoms with Crippen LogP contribution in [0.2, 0.25) is 0 Å². The van der Waals surface area contributed by atoms with E-state index in [1.807, 2.05) is 47.9 Å². The Morgan fingerprint density at radius 1 is 1.13 bits per heavy atom. The van der Waals surface area contributed by atoms with Crippen molar-refractivity contribution in [1.82, 2.24) is 9.55 Å². The zero-order valence-corrected chi connectivity index (χ0v) is 13.3. The van der Waals surface area contributed by atoms with E-state index in [0.29, 0.717) is 11.5 Å². The Hall–Kier alpha value is -3.00. The van der Waals surface area contributed by atoms with Crippen molar-refractivity contribution < 1.29 is 9.47 Å². The molecule has 5 nitrogen and oxygen atoms in total. The highest BCUT2D eigenvalue weighted by molar-refractivity contribution is 5.84. The third-order valence-electron chi connectivity index (χ3n) is 3.87. The first-order valence-corrected chi connectivity index (χ1v) is 7.24. The number of nitriles is 1. The minimum absolute atomic E-state index is 0.218. The monoisotopic (exact) mass is 307 g/mol. The van der Waals surface area contributed by atoms with Crippen molar-refractivity contribution >= 4 is 11.0 Å². The molecule has 0 spiro atoms. The third kappa shape index (κ3) is 2.49. The first kappa shape index (κ1) is 14.9. The van der Waals surface area contributed by atoms with E-state index in [1.54, 1.807) is 14.2 Å². The highest BCUT2D eigenvalue weighted by Gasteiger charge is 2.17. The Morgan fingerprint density at radius 2 is 1.83 bits per heavy atom. The standard InChI is InChI=1S/C18H17N3O2/c1-12-6-4-5-7-13(12)18-20-14-10-16(22-2)17(23-3)11-15(14)21(18)9-8-19/h4-7,10-11H,9H2,1-3H3. The van der Waals surface area contributed by atoms with Crippen LogP contribution in [0.25, 0.3) is 22.4 Å². The second-order valence-electron chi connectivity index (χ2n) is 5.19. The Balaban J connectivity index is 2.32. The molecule has 0 aliphatic rings. The molecule has 2 aromatic carbocycles. The second kappa shape index (κ2) is 6.01. The van der Waals surface area contributed by atoms with E-state index in [1.165, 1.54) is 0 Å². The Morgan fingerprint density at radius 3 is 2.48 bits per heavy atom. The molecule has 0 atom stereocenters. The van der Waals surface area contributed by atoms with Crippen LogP contribution in [0.15, 0.2) is 36.4 Å². The third-order valence-corrected chi connectivity index (χ3v) is 3.87. The Labute approximate surface area is 134 Å². The second-order valence-corrected chi connectivity index (χ2v) is 5.19. The van der Waals surface area contributed by atoms with E-state index in [4.69, 9.17) is 14.5 Å². The molecule has 23 heavy (non-hydrogen) atoms. The summed E-state index contributed by atoms with van der Waals surface area (Å²) in [5.74, 6) is 2.02. The fourth-order valence-electron chi connectivity index (χ4n) is 2.71. The highest BCUT2D eigenvalue weighted by atomic mass is 16.5. The fourth-order valence-corrected chi connectivity index (χ4v) is 2.71. The number of hydrogen-bond acceptors (Lipinski definition) is 4. The molecule has 1 heterocycles. The molecule has 0 saturated heterocycles. The molecule has 0 fully saturated rings. The number of benzene rings is 2. The minimum atomic E-state index is 0.218. The van der Waals surface area contributed by atoms with Gasteiger partial charge in [0.25, 0.3) is 0 Å². The molecular formula is C18H17N3O2. The molecule has 0 bridgehead atoms. The average Bonchev–Trinajstić information content (AvgIpc) is 2.92. The first-order valence-electron chi connectivity index (χ1n) is 7.24. The average molecular weight is 307 g/mol. The van der Waals surface area contributed by atoms with Gasteiger partial charge in [-0.1, -0.05) is 24.3 Å². The first-order chi connectivity index (χ1) is 11.2. The Bertz CT molecular complexity index is 907. The number of nitrogens with zero attached hydrogens (tertiary/aromatic N) is 3. The van der Waals surface area contributed by atoms with Gasteiger partial charge in [0.05, 0.1) is 31.3 Å². The van der Waals surface area contributed by atoms with Gasteiger partial charge in [0, 0.05) is 17.7 Å². The number of fused-ring (bicyclic) bond motifs is 1. The number of aryl methyl sites for hydroxylation is 1. The van der Waals surface area contributed by atoms with Crippen LogP contribution in [-0.4, -0.2) is 23.8 Å². The summed E-state index contributed by atoms with van der Waals surface area (Å²) in [6.07, 6.45) is 0. The van der Waals surface area contributed by atoms with Gasteiger partial charge < -0.3 is 14.0 Å². The van der Waals surface area contributed by atoms with Crippen molar-refractivity contribution in [1.29, 1.82) is 5.26 Å². The molecule has 3 rings (SSSR count). The van der Waals surface area contributed by atoms with Gasteiger partial charge in [-0.3, -0.25) is 0 Å². The summed E-state index contributed by atoms with van der Waals surface area (Å²) in [5.41, 5.74) is 3.75. The van der Waals surface area contributed by atoms with E-state index < -0.39 is 0 Å². The molecule has 1 aromatic heterocycles. The van der Waals surface area contributed by atoms with E-state index in [-0.39, 0.29) is 6.54 Å². The van der Waals surface area contributed by atoms with Gasteiger partial charge in [-0.25, -0.2) is 4.98 Å². The molecular weight excluding hydrogens is 290 g/mol. The number of imidazole rings is 1. The maximum absolute atomic E-state index is 9.21. The number of methoxy groups -OCH3 is 2. The largest absolute Gasteiger partial charge is 0.493 e. The van der Waals surface area contributed by atoms with Crippen molar-refractivity contribution in [2.24, 2.45) is 0 Å². The molecule has 0 aliphatic carbocycles. The molecule has 0 amide bonds. The van der Waals surface area contributed by atoms with Crippen molar-refractivity contribution in [3.63, 3.8) is 0 Å². The van der Waals surface area contributed by atoms with Crippen LogP contribution < -0.4 is 9.47 Å². The lowest BCUT2D eigenvalue weighted by atomic mass is 10.1. The zero-order chi connectivity index (χ0) is 16.4. The van der Waals surface area contributed by atoms with Crippen molar-refractivity contribution in [2.75, 3.05) is 14.2 Å². The summed E-state index contributed by atoms with van der Waals surface area (Å²) in [6, 6.07) is 13.9. The normalized spacial score (nSPS) is 10.5. The van der Waals surface area contributed by atoms with Crippen LogP contribution in [0.1, 0.15) is 5.56 Å². The van der Waals surface area contributed by atoms with Crippen molar-refractivity contribution in [3.05, 3.63) is 42.0 Å². The van der Waals surface area contributed by atoms with Gasteiger partial charge in [-0.2, -0.15) is 5.26 Å². The number of ether oxygens (including phenoxy) is 2. The SMILES string of the molecule is COc1cc2nc(-c3ccccc3C)n(CC#N)c2cc1OC. The predicted molar refractivity (Wildman–Crippen MR) is 88.6 cm³/mol. The smallest absolute Gasteiger partial charge is 0.163 e. The van der Waals surface area contributed by atoms with Gasteiger partial charge >= 0.3 is 0 Å². The maximum Gasteiger partial charge on any atom is 0.163 e. The molecule has 5 heteroatoms. The zero-order valence-electron chi connectivity index (χ0n) is 13.3. The quantitative estimate of drug-likeness (QED) is 0.739. The van der Waals surface area contributed by atoms with E-state index in [9.17, 15) is 5.26 Å². The van der Waals surface area contributed by atoms with Gasteiger partial charge in [0.15, 0.2) is 11.5 Å². The van der Waals surface area contributed by atoms with Crippen molar-refractivity contribution in [2.45, 2.75) is 13.5 Å². The lowest BCUT2D eigenvalue weighted by Crippen LogP contribution is -2.00. The molecule has 0 N–H and O–H groups in total. The number of hydrogen-bond donors (Lipinski definition) is 0. The van der Waals surface area contributed by atoms with Crippen LogP contribution in [-0.2, 0) is 6.54 Å². The van der Waals surface area contributed by atoms with Gasteiger partial charge in [0.2, 0.25) is 0 Å². The summed E-state index contributed by atoms with van der Waals surface area (Å²) < 4.78 is 12.6. The van der Waals surface area contributed by atoms with E-state index in [2.05, 4.69) is 6.07 Å². The predicted octanol–water partition coefficient (Wildman–Crippen LogP) is 3.55. The van der Waals surface area contributed by atoms with Crippen LogP contribution in [0.5, 0.6) is 11.5 Å². The highest BCUT2D eigenvalue weighted by Crippen LogP contribution is 2.35. The van der Waals surface area contributed by atoms with Crippen LogP contribution in [0.3, 0.4) is 0 Å². The number of rotatable bonds is 4. The minimum Gasteiger partial charge on any atom is -0.493 e. The summed E-state index contributed by atoms with van der Waals surface area (Å²) in [7, 11) is 3.19. The Kier molecular flexibility index (Phi) is 3.90. The molecule has 0 saturated carbocycles. The maximum atomic E-state index is 9.21. The lowest BCUT2D eigenvalue weighted by molar-refractivity contribution is 0.355. The van der Waals surface area contributed by atoms with Crippen LogP contribution >= 0.6 is 0 Å². The lowest BCUT2D eigenvalue weighted by Gasteiger charge is -2.09. The molecule has 0 radical (unpaired) electrons. The van der Waals surface area contributed by atoms with Crippen molar-refractivity contribution in [3.8, 4) is 29.0 Å². The van der Waals surface area contributed by atoms with E-state index in [0.717, 1.165) is 28.0 Å². The molecule has 3 aromatic rings. The van der Waals surface area contributed by atoms with E-state index >= 15 is 0 Å². The van der Waals surface area contributed by atoms with Crippen LogP contribution in [0, 0.1) is 18.3 Å². The van der Waals surface area contributed by atoms with Crippen LogP contribution in [0.4, 0.5) is 0 Å². The fraction of sp³-hybridized carbons (Fsp3) is 0.222. The summed E-state index contributed by atoms with van der Waals surface area (Å²) in [5, 5.41) is 9.21. The van der Waals surface area contributed by atoms with Gasteiger partial charge in [-0.05, 0) is 12.5 Å². The summed E-state index contributed by atoms with van der Waals surface area (Å²) >= 11 is 0. The molecule has 0 aliphatic heterocycles. The summed E-state index contributed by atoms with van der Waals surface area (Å²) in [6.45, 7) is 2.25. The summed E-state index contributed by atoms with van der Waals surface area (Å²) in [4.78, 5) is 4.72. The van der Waals surface area contributed by atoms with Gasteiger partial charge in [-0.15, -0.1) is 0 Å². The van der Waals surface area contributed by atoms with Gasteiger partial charge in [0.1, 0.15) is 12.4 Å².